The number of Topliss-reactive ketones (excluding diaryl/α,β-unsaturated/α-hetero) is 1. The SMILES string of the molecule is Cn1cc(C(=O)NC(Cc2ccccc2)C(=O)C(N)=O)c(-n2ncc3ccccc32)n1. The number of primary amides is 1. The summed E-state index contributed by atoms with van der Waals surface area (Å²) in [5, 5.41) is 12.3. The molecule has 2 aromatic heterocycles. The van der Waals surface area contributed by atoms with Gasteiger partial charge in [-0.2, -0.15) is 10.2 Å². The molecule has 31 heavy (non-hydrogen) atoms. The van der Waals surface area contributed by atoms with E-state index >= 15 is 0 Å². The van der Waals surface area contributed by atoms with Crippen molar-refractivity contribution in [3.63, 3.8) is 0 Å². The maximum atomic E-state index is 13.1. The van der Waals surface area contributed by atoms with Crippen LogP contribution in [0, 0.1) is 0 Å². The average molecular weight is 416 g/mol. The lowest BCUT2D eigenvalue weighted by atomic mass is 10.0. The fourth-order valence-electron chi connectivity index (χ4n) is 3.40. The third kappa shape index (κ3) is 4.06. The third-order valence-electron chi connectivity index (χ3n) is 4.88. The largest absolute Gasteiger partial charge is 0.363 e. The molecule has 2 amide bonds. The molecule has 9 heteroatoms. The number of aromatic nitrogens is 4. The Hall–Kier alpha value is -4.27. The zero-order valence-electron chi connectivity index (χ0n) is 16.7. The summed E-state index contributed by atoms with van der Waals surface area (Å²) in [7, 11) is 1.68. The number of fused-ring (bicyclic) bond motifs is 1. The van der Waals surface area contributed by atoms with Gasteiger partial charge in [-0.25, -0.2) is 4.68 Å². The fourth-order valence-corrected chi connectivity index (χ4v) is 3.40. The van der Waals surface area contributed by atoms with E-state index in [0.717, 1.165) is 16.5 Å². The first-order valence-corrected chi connectivity index (χ1v) is 9.59. The van der Waals surface area contributed by atoms with Crippen LogP contribution in [0.3, 0.4) is 0 Å². The van der Waals surface area contributed by atoms with Crippen molar-refractivity contribution in [1.82, 2.24) is 24.9 Å². The number of nitrogens with zero attached hydrogens (tertiary/aromatic N) is 4. The highest BCUT2D eigenvalue weighted by molar-refractivity contribution is 6.38. The van der Waals surface area contributed by atoms with Crippen LogP contribution in [0.15, 0.2) is 67.0 Å². The van der Waals surface area contributed by atoms with Gasteiger partial charge in [0, 0.05) is 25.1 Å². The van der Waals surface area contributed by atoms with Crippen molar-refractivity contribution in [3.05, 3.63) is 78.1 Å². The molecule has 0 bridgehead atoms. The van der Waals surface area contributed by atoms with Crippen molar-refractivity contribution in [3.8, 4) is 5.82 Å². The molecule has 0 aliphatic carbocycles. The highest BCUT2D eigenvalue weighted by Gasteiger charge is 2.28. The van der Waals surface area contributed by atoms with Crippen molar-refractivity contribution >= 4 is 28.5 Å². The number of rotatable bonds is 7. The molecule has 2 heterocycles. The first-order chi connectivity index (χ1) is 14.9. The van der Waals surface area contributed by atoms with E-state index in [1.165, 1.54) is 10.9 Å². The molecule has 0 fully saturated rings. The van der Waals surface area contributed by atoms with E-state index in [9.17, 15) is 14.4 Å². The van der Waals surface area contributed by atoms with Crippen molar-refractivity contribution in [2.45, 2.75) is 12.5 Å². The van der Waals surface area contributed by atoms with Crippen LogP contribution in [0.25, 0.3) is 16.7 Å². The smallest absolute Gasteiger partial charge is 0.287 e. The van der Waals surface area contributed by atoms with Crippen LogP contribution in [-0.2, 0) is 23.1 Å². The number of carbonyl (C=O) groups excluding carboxylic acids is 3. The highest BCUT2D eigenvalue weighted by atomic mass is 16.2. The first-order valence-electron chi connectivity index (χ1n) is 9.59. The Morgan fingerprint density at radius 2 is 1.77 bits per heavy atom. The minimum atomic E-state index is -1.11. The predicted octanol–water partition coefficient (Wildman–Crippen LogP) is 1.15. The minimum Gasteiger partial charge on any atom is -0.363 e. The van der Waals surface area contributed by atoms with Gasteiger partial charge in [0.1, 0.15) is 11.6 Å². The molecule has 0 saturated carbocycles. The zero-order chi connectivity index (χ0) is 22.0. The molecule has 2 aromatic carbocycles. The Morgan fingerprint density at radius 1 is 1.06 bits per heavy atom. The number of para-hydroxylation sites is 1. The summed E-state index contributed by atoms with van der Waals surface area (Å²) < 4.78 is 3.05. The summed E-state index contributed by atoms with van der Waals surface area (Å²) in [6.45, 7) is 0. The van der Waals surface area contributed by atoms with Gasteiger partial charge in [-0.15, -0.1) is 0 Å². The molecule has 0 spiro atoms. The molecule has 0 aliphatic rings. The Labute approximate surface area is 177 Å². The van der Waals surface area contributed by atoms with E-state index in [0.29, 0.717) is 5.82 Å². The number of aryl methyl sites for hydroxylation is 1. The molecule has 0 aliphatic heterocycles. The van der Waals surface area contributed by atoms with Crippen LogP contribution in [0.1, 0.15) is 15.9 Å². The Balaban J connectivity index is 1.67. The van der Waals surface area contributed by atoms with Gasteiger partial charge in [-0.3, -0.25) is 19.1 Å². The number of nitrogens with one attached hydrogen (secondary N) is 1. The molecular weight excluding hydrogens is 396 g/mol. The molecule has 3 N–H and O–H groups in total. The van der Waals surface area contributed by atoms with E-state index in [1.54, 1.807) is 30.1 Å². The van der Waals surface area contributed by atoms with Gasteiger partial charge in [-0.05, 0) is 11.6 Å². The quantitative estimate of drug-likeness (QED) is 0.437. The lowest BCUT2D eigenvalue weighted by Gasteiger charge is -2.16. The van der Waals surface area contributed by atoms with Crippen LogP contribution >= 0.6 is 0 Å². The van der Waals surface area contributed by atoms with E-state index in [1.807, 2.05) is 42.5 Å². The lowest BCUT2D eigenvalue weighted by Crippen LogP contribution is -2.47. The second-order valence-corrected chi connectivity index (χ2v) is 7.10. The number of hydrogen-bond acceptors (Lipinski definition) is 5. The lowest BCUT2D eigenvalue weighted by molar-refractivity contribution is -0.137. The minimum absolute atomic E-state index is 0.134. The Morgan fingerprint density at radius 3 is 2.52 bits per heavy atom. The summed E-state index contributed by atoms with van der Waals surface area (Å²) in [6, 6.07) is 15.5. The van der Waals surface area contributed by atoms with Gasteiger partial charge in [0.2, 0.25) is 5.78 Å². The highest BCUT2D eigenvalue weighted by Crippen LogP contribution is 2.20. The van der Waals surface area contributed by atoms with Gasteiger partial charge in [0.15, 0.2) is 5.82 Å². The summed E-state index contributed by atoms with van der Waals surface area (Å²) in [4.78, 5) is 37.1. The van der Waals surface area contributed by atoms with Crippen molar-refractivity contribution in [2.75, 3.05) is 0 Å². The number of hydrogen-bond donors (Lipinski definition) is 2. The number of ketones is 1. The molecule has 1 unspecified atom stereocenters. The van der Waals surface area contributed by atoms with E-state index in [2.05, 4.69) is 15.5 Å². The first kappa shape index (κ1) is 20.0. The number of nitrogens with two attached hydrogens (primary N) is 1. The molecule has 156 valence electrons. The van der Waals surface area contributed by atoms with Gasteiger partial charge in [-0.1, -0.05) is 48.5 Å². The van der Waals surface area contributed by atoms with E-state index in [4.69, 9.17) is 5.73 Å². The predicted molar refractivity (Wildman–Crippen MR) is 113 cm³/mol. The maximum Gasteiger partial charge on any atom is 0.287 e. The zero-order valence-corrected chi connectivity index (χ0v) is 16.7. The maximum absolute atomic E-state index is 13.1. The Kier molecular flexibility index (Phi) is 5.31. The summed E-state index contributed by atoms with van der Waals surface area (Å²) in [5.74, 6) is -2.22. The van der Waals surface area contributed by atoms with Crippen LogP contribution in [0.2, 0.25) is 0 Å². The van der Waals surface area contributed by atoms with E-state index < -0.39 is 23.6 Å². The molecule has 1 atom stereocenters. The van der Waals surface area contributed by atoms with Gasteiger partial charge >= 0.3 is 0 Å². The van der Waals surface area contributed by atoms with Crippen molar-refractivity contribution in [2.24, 2.45) is 12.8 Å². The molecular formula is C22H20N6O3. The summed E-state index contributed by atoms with van der Waals surface area (Å²) >= 11 is 0. The average Bonchev–Trinajstić information content (AvgIpc) is 3.36. The number of amides is 2. The van der Waals surface area contributed by atoms with Crippen LogP contribution in [0.4, 0.5) is 0 Å². The van der Waals surface area contributed by atoms with Crippen LogP contribution in [0.5, 0.6) is 0 Å². The van der Waals surface area contributed by atoms with Crippen LogP contribution in [-0.4, -0.2) is 43.2 Å². The third-order valence-corrected chi connectivity index (χ3v) is 4.88. The normalized spacial score (nSPS) is 11.9. The number of benzene rings is 2. The van der Waals surface area contributed by atoms with Crippen molar-refractivity contribution in [1.29, 1.82) is 0 Å². The van der Waals surface area contributed by atoms with Gasteiger partial charge in [0.05, 0.1) is 11.7 Å². The molecule has 4 aromatic rings. The Bertz CT molecular complexity index is 1270. The molecule has 0 saturated heterocycles. The number of carbonyl (C=O) groups is 3. The topological polar surface area (TPSA) is 125 Å². The molecule has 0 radical (unpaired) electrons. The summed E-state index contributed by atoms with van der Waals surface area (Å²) in [6.07, 6.45) is 3.35. The monoisotopic (exact) mass is 416 g/mol. The van der Waals surface area contributed by atoms with Crippen molar-refractivity contribution < 1.29 is 14.4 Å². The molecule has 4 rings (SSSR count). The summed E-state index contributed by atoms with van der Waals surface area (Å²) in [5.41, 5.74) is 6.99. The second-order valence-electron chi connectivity index (χ2n) is 7.10. The molecule has 9 nitrogen and oxygen atoms in total. The van der Waals surface area contributed by atoms with Gasteiger partial charge in [0.25, 0.3) is 11.8 Å². The van der Waals surface area contributed by atoms with E-state index in [-0.39, 0.29) is 12.0 Å². The standard InChI is InChI=1S/C22H20N6O3/c1-27-13-16(21(26-27)28-18-10-6-5-9-15(18)12-24-28)22(31)25-17(19(29)20(23)30)11-14-7-3-2-4-8-14/h2-10,12-13,17H,11H2,1H3,(H2,23,30)(H,25,31). The van der Waals surface area contributed by atoms with Gasteiger partial charge < -0.3 is 11.1 Å². The fraction of sp³-hybridized carbons (Fsp3) is 0.136. The van der Waals surface area contributed by atoms with Crippen LogP contribution < -0.4 is 11.1 Å². The second kappa shape index (κ2) is 8.23.